The van der Waals surface area contributed by atoms with Crippen LogP contribution in [0.1, 0.15) is 101 Å². The van der Waals surface area contributed by atoms with Crippen LogP contribution >= 0.6 is 0 Å². The van der Waals surface area contributed by atoms with Crippen molar-refractivity contribution in [2.24, 2.45) is 5.73 Å². The summed E-state index contributed by atoms with van der Waals surface area (Å²) >= 11 is 0. The number of aromatic amines is 2. The number of carboxylic acids is 2. The first-order valence-electron chi connectivity index (χ1n) is 14.7. The van der Waals surface area contributed by atoms with Crippen molar-refractivity contribution in [3.8, 4) is 0 Å². The number of aliphatic carboxylic acids is 1. The van der Waals surface area contributed by atoms with E-state index in [0.717, 1.165) is 45.4 Å². The van der Waals surface area contributed by atoms with Crippen molar-refractivity contribution < 1.29 is 24.6 Å². The van der Waals surface area contributed by atoms with Crippen molar-refractivity contribution in [3.63, 3.8) is 0 Å². The Balaban J connectivity index is 2.04. The highest BCUT2D eigenvalue weighted by Crippen LogP contribution is 2.43. The SMILES string of the molecule is C=CC1=C(C)c2cc3nc(c(CC(=O)O)c4[nH]c(cc5[nH]c(cc1n2)c(C)c5CC)c(C)c4C(=O)O)C(CCC(N)=O)[C@@H]3C. The molecule has 6 N–H and O–H groups in total. The molecule has 2 atom stereocenters. The van der Waals surface area contributed by atoms with Gasteiger partial charge in [0.2, 0.25) is 5.91 Å². The summed E-state index contributed by atoms with van der Waals surface area (Å²) in [4.78, 5) is 53.5. The largest absolute Gasteiger partial charge is 0.481 e. The first-order valence-corrected chi connectivity index (χ1v) is 14.7. The van der Waals surface area contributed by atoms with E-state index in [2.05, 4.69) is 23.5 Å². The number of carboxylic acid groups (broad SMARTS) is 2. The summed E-state index contributed by atoms with van der Waals surface area (Å²) < 4.78 is 0. The molecule has 0 radical (unpaired) electrons. The van der Waals surface area contributed by atoms with E-state index in [4.69, 9.17) is 15.7 Å². The molecule has 2 aliphatic rings. The third-order valence-electron chi connectivity index (χ3n) is 8.98. The van der Waals surface area contributed by atoms with Crippen molar-refractivity contribution >= 4 is 51.1 Å². The molecule has 3 aromatic rings. The monoisotopic (exact) mass is 595 g/mol. The van der Waals surface area contributed by atoms with Crippen LogP contribution in [0.15, 0.2) is 30.9 Å². The van der Waals surface area contributed by atoms with Gasteiger partial charge in [-0.3, -0.25) is 14.6 Å². The van der Waals surface area contributed by atoms with Crippen LogP contribution in [-0.4, -0.2) is 48.0 Å². The molecular weight excluding hydrogens is 558 g/mol. The van der Waals surface area contributed by atoms with Gasteiger partial charge in [0, 0.05) is 51.6 Å². The van der Waals surface area contributed by atoms with Crippen LogP contribution in [0.2, 0.25) is 0 Å². The number of allylic oxidation sites excluding steroid dienone is 3. The van der Waals surface area contributed by atoms with Gasteiger partial charge in [0.05, 0.1) is 34.6 Å². The number of aromatic carboxylic acids is 1. The van der Waals surface area contributed by atoms with Crippen LogP contribution in [0.3, 0.4) is 0 Å². The molecule has 0 aromatic carbocycles. The number of carbonyl (C=O) groups is 3. The van der Waals surface area contributed by atoms with Crippen LogP contribution in [0.25, 0.3) is 33.2 Å². The van der Waals surface area contributed by atoms with Crippen LogP contribution in [-0.2, 0) is 22.4 Å². The fourth-order valence-corrected chi connectivity index (χ4v) is 6.55. The highest BCUT2D eigenvalue weighted by atomic mass is 16.4. The van der Waals surface area contributed by atoms with E-state index in [9.17, 15) is 24.6 Å². The number of carbonyl (C=O) groups excluding carboxylic acids is 1. The Labute approximate surface area is 254 Å². The Morgan fingerprint density at radius 2 is 1.68 bits per heavy atom. The number of hydrogen-bond donors (Lipinski definition) is 5. The third kappa shape index (κ3) is 5.21. The Morgan fingerprint density at radius 1 is 0.977 bits per heavy atom. The van der Waals surface area contributed by atoms with Gasteiger partial charge in [-0.25, -0.2) is 9.78 Å². The second-order valence-corrected chi connectivity index (χ2v) is 11.6. The van der Waals surface area contributed by atoms with Gasteiger partial charge >= 0.3 is 11.9 Å². The smallest absolute Gasteiger partial charge is 0.338 e. The predicted octanol–water partition coefficient (Wildman–Crippen LogP) is 6.09. The van der Waals surface area contributed by atoms with Crippen molar-refractivity contribution in [3.05, 3.63) is 81.4 Å². The number of hydrogen-bond acceptors (Lipinski definition) is 5. The van der Waals surface area contributed by atoms with E-state index < -0.39 is 24.3 Å². The van der Waals surface area contributed by atoms with E-state index in [1.807, 2.05) is 39.0 Å². The second-order valence-electron chi connectivity index (χ2n) is 11.6. The zero-order valence-electron chi connectivity index (χ0n) is 25.6. The summed E-state index contributed by atoms with van der Waals surface area (Å²) in [6.45, 7) is 13.8. The summed E-state index contributed by atoms with van der Waals surface area (Å²) in [6.07, 6.45) is 2.44. The number of fused-ring (bicyclic) bond motifs is 8. The Kier molecular flexibility index (Phi) is 8.03. The fourth-order valence-electron chi connectivity index (χ4n) is 6.55. The Morgan fingerprint density at radius 3 is 2.30 bits per heavy atom. The van der Waals surface area contributed by atoms with Crippen molar-refractivity contribution in [2.45, 2.75) is 72.1 Å². The number of rotatable bonds is 8. The Hall–Kier alpha value is -4.99. The van der Waals surface area contributed by atoms with Gasteiger partial charge in [0.15, 0.2) is 0 Å². The lowest BCUT2D eigenvalue weighted by Crippen LogP contribution is -2.15. The van der Waals surface area contributed by atoms with Gasteiger partial charge in [-0.2, -0.15) is 0 Å². The van der Waals surface area contributed by atoms with Crippen molar-refractivity contribution in [1.82, 2.24) is 19.9 Å². The summed E-state index contributed by atoms with van der Waals surface area (Å²) in [6, 6.07) is 5.76. The topological polar surface area (TPSA) is 175 Å². The average Bonchev–Trinajstić information content (AvgIpc) is 3.63. The van der Waals surface area contributed by atoms with E-state index in [1.165, 1.54) is 0 Å². The molecule has 228 valence electrons. The lowest BCUT2D eigenvalue weighted by atomic mass is 9.85. The van der Waals surface area contributed by atoms with Gasteiger partial charge in [0.25, 0.3) is 0 Å². The van der Waals surface area contributed by atoms with Crippen LogP contribution in [0, 0.1) is 13.8 Å². The van der Waals surface area contributed by atoms with Gasteiger partial charge < -0.3 is 25.9 Å². The van der Waals surface area contributed by atoms with Gasteiger partial charge in [-0.05, 0) is 74.1 Å². The number of nitrogens with two attached hydrogens (primary N) is 1. The minimum Gasteiger partial charge on any atom is -0.481 e. The minimum atomic E-state index is -1.18. The molecule has 0 saturated carbocycles. The maximum atomic E-state index is 12.7. The second kappa shape index (κ2) is 11.6. The number of aryl methyl sites for hydroxylation is 3. The van der Waals surface area contributed by atoms with E-state index >= 15 is 0 Å². The molecule has 0 saturated heterocycles. The molecule has 0 spiro atoms. The standard InChI is InChI=1S/C34H37N5O5/c1-7-19-15(3)23-12-25-17(5)21(9-10-29(35)40)32(38-25)22(11-30(41)42)33-31(34(43)44)18(6)26(39-33)14-28-20(8-2)16(4)24(37-28)13-27(19)36-23/h7,12-14,17,21,37,39H,1,8-11H2,2-6H3,(H2,35,40)(H,41,42)(H,43,44)/t17-,21?/m0/s1. The molecule has 0 fully saturated rings. The summed E-state index contributed by atoms with van der Waals surface area (Å²) in [5.41, 5.74) is 15.2. The normalized spacial score (nSPS) is 16.3. The molecule has 3 aromatic heterocycles. The molecule has 1 unspecified atom stereocenters. The molecule has 44 heavy (non-hydrogen) atoms. The van der Waals surface area contributed by atoms with Gasteiger partial charge in [-0.15, -0.1) is 0 Å². The Bertz CT molecular complexity index is 1940. The first kappa shape index (κ1) is 30.5. The predicted molar refractivity (Wildman–Crippen MR) is 170 cm³/mol. The summed E-state index contributed by atoms with van der Waals surface area (Å²) in [5, 5.41) is 20.4. The minimum absolute atomic E-state index is 0.0141. The molecule has 5 rings (SSSR count). The van der Waals surface area contributed by atoms with Gasteiger partial charge in [0.1, 0.15) is 0 Å². The lowest BCUT2D eigenvalue weighted by Gasteiger charge is -2.17. The highest BCUT2D eigenvalue weighted by molar-refractivity contribution is 6.02. The molecule has 5 heterocycles. The lowest BCUT2D eigenvalue weighted by molar-refractivity contribution is -0.136. The molecule has 1 amide bonds. The summed E-state index contributed by atoms with van der Waals surface area (Å²) in [7, 11) is 0. The molecule has 2 aliphatic heterocycles. The molecule has 8 bridgehead atoms. The maximum Gasteiger partial charge on any atom is 0.338 e. The molecule has 10 heteroatoms. The maximum absolute atomic E-state index is 12.7. The third-order valence-corrected chi connectivity index (χ3v) is 8.98. The van der Waals surface area contributed by atoms with Crippen LogP contribution in [0.4, 0.5) is 0 Å². The number of primary amides is 1. The van der Waals surface area contributed by atoms with E-state index in [-0.39, 0.29) is 34.9 Å². The zero-order valence-corrected chi connectivity index (χ0v) is 25.6. The number of nitrogens with one attached hydrogen (secondary N) is 2. The van der Waals surface area contributed by atoms with Gasteiger partial charge in [-0.1, -0.05) is 26.5 Å². The summed E-state index contributed by atoms with van der Waals surface area (Å²) in [5.74, 6) is -3.40. The molecule has 0 aliphatic carbocycles. The van der Waals surface area contributed by atoms with Crippen molar-refractivity contribution in [1.29, 1.82) is 0 Å². The van der Waals surface area contributed by atoms with Crippen molar-refractivity contribution in [2.75, 3.05) is 0 Å². The number of aromatic nitrogens is 4. The van der Waals surface area contributed by atoms with E-state index in [0.29, 0.717) is 34.6 Å². The number of amides is 1. The quantitative estimate of drug-likeness (QED) is 0.209. The molecule has 10 nitrogen and oxygen atoms in total. The number of nitrogens with zero attached hydrogens (tertiary/aromatic N) is 2. The molecular formula is C34H37N5O5. The average molecular weight is 596 g/mol. The number of H-pyrrole nitrogens is 2. The van der Waals surface area contributed by atoms with Crippen LogP contribution < -0.4 is 5.73 Å². The first-order chi connectivity index (χ1) is 20.9. The van der Waals surface area contributed by atoms with E-state index in [1.54, 1.807) is 13.0 Å². The highest BCUT2D eigenvalue weighted by Gasteiger charge is 2.33. The fraction of sp³-hybridized carbons (Fsp3) is 0.324. The van der Waals surface area contributed by atoms with Crippen LogP contribution in [0.5, 0.6) is 0 Å². The zero-order chi connectivity index (χ0) is 32.0.